The Morgan fingerprint density at radius 1 is 1.45 bits per heavy atom. The van der Waals surface area contributed by atoms with Crippen LogP contribution in [0.1, 0.15) is 27.2 Å². The second-order valence-corrected chi connectivity index (χ2v) is 2.84. The Kier molecular flexibility index (Phi) is 6.18. The number of hydrogen-bond donors (Lipinski definition) is 2. The molecule has 0 aromatic heterocycles. The van der Waals surface area contributed by atoms with E-state index in [-0.39, 0.29) is 12.1 Å². The van der Waals surface area contributed by atoms with E-state index in [1.165, 1.54) is 0 Å². The number of hydrogen-bond acceptors (Lipinski definition) is 2. The van der Waals surface area contributed by atoms with Crippen LogP contribution in [0.4, 0.5) is 0 Å². The van der Waals surface area contributed by atoms with E-state index in [1.807, 2.05) is 19.9 Å². The lowest BCUT2D eigenvalue weighted by Gasteiger charge is -2.15. The van der Waals surface area contributed by atoms with E-state index in [0.717, 1.165) is 13.0 Å². The SMILES string of the molecule is C/C=C/CCNC(C)C(C)O. The molecule has 0 rings (SSSR count). The molecule has 0 amide bonds. The molecule has 0 saturated carbocycles. The van der Waals surface area contributed by atoms with Crippen molar-refractivity contribution < 1.29 is 5.11 Å². The minimum Gasteiger partial charge on any atom is -0.392 e. The minimum absolute atomic E-state index is 0.195. The fourth-order valence-corrected chi connectivity index (χ4v) is 0.732. The topological polar surface area (TPSA) is 32.3 Å². The van der Waals surface area contributed by atoms with Gasteiger partial charge in [-0.1, -0.05) is 12.2 Å². The van der Waals surface area contributed by atoms with Crippen LogP contribution in [0.25, 0.3) is 0 Å². The van der Waals surface area contributed by atoms with Gasteiger partial charge in [-0.25, -0.2) is 0 Å². The first kappa shape index (κ1) is 10.7. The third-order valence-corrected chi connectivity index (χ3v) is 1.74. The quantitative estimate of drug-likeness (QED) is 0.466. The first-order valence-corrected chi connectivity index (χ1v) is 4.21. The van der Waals surface area contributed by atoms with Crippen molar-refractivity contribution in [3.8, 4) is 0 Å². The summed E-state index contributed by atoms with van der Waals surface area (Å²) in [4.78, 5) is 0. The zero-order valence-corrected chi connectivity index (χ0v) is 7.67. The van der Waals surface area contributed by atoms with Crippen LogP contribution in [-0.2, 0) is 0 Å². The Morgan fingerprint density at radius 2 is 2.09 bits per heavy atom. The molecule has 0 radical (unpaired) electrons. The zero-order chi connectivity index (χ0) is 8.69. The first-order chi connectivity index (χ1) is 5.18. The van der Waals surface area contributed by atoms with Crippen LogP contribution in [0.2, 0.25) is 0 Å². The third-order valence-electron chi connectivity index (χ3n) is 1.74. The lowest BCUT2D eigenvalue weighted by atomic mass is 10.2. The van der Waals surface area contributed by atoms with Crippen molar-refractivity contribution in [2.75, 3.05) is 6.54 Å². The Morgan fingerprint density at radius 3 is 2.55 bits per heavy atom. The van der Waals surface area contributed by atoms with Crippen molar-refractivity contribution in [2.45, 2.75) is 39.3 Å². The average molecular weight is 157 g/mol. The lowest BCUT2D eigenvalue weighted by molar-refractivity contribution is 0.153. The molecule has 2 N–H and O–H groups in total. The third kappa shape index (κ3) is 6.07. The minimum atomic E-state index is -0.263. The van der Waals surface area contributed by atoms with E-state index < -0.39 is 0 Å². The van der Waals surface area contributed by atoms with Gasteiger partial charge in [0.1, 0.15) is 0 Å². The summed E-state index contributed by atoms with van der Waals surface area (Å²) in [6.07, 6.45) is 4.92. The zero-order valence-electron chi connectivity index (χ0n) is 7.67. The van der Waals surface area contributed by atoms with Crippen molar-refractivity contribution in [3.05, 3.63) is 12.2 Å². The number of aliphatic hydroxyl groups is 1. The molecular weight excluding hydrogens is 138 g/mol. The lowest BCUT2D eigenvalue weighted by Crippen LogP contribution is -2.35. The number of aliphatic hydroxyl groups excluding tert-OH is 1. The van der Waals surface area contributed by atoms with Crippen LogP contribution in [0.5, 0.6) is 0 Å². The average Bonchev–Trinajstić information content (AvgIpc) is 1.97. The summed E-state index contributed by atoms with van der Waals surface area (Å²) in [7, 11) is 0. The Labute approximate surface area is 69.3 Å². The van der Waals surface area contributed by atoms with Gasteiger partial charge in [-0.05, 0) is 33.7 Å². The van der Waals surface area contributed by atoms with Gasteiger partial charge in [-0.2, -0.15) is 0 Å². The van der Waals surface area contributed by atoms with Gasteiger partial charge in [0.25, 0.3) is 0 Å². The summed E-state index contributed by atoms with van der Waals surface area (Å²) in [5, 5.41) is 12.3. The molecule has 66 valence electrons. The summed E-state index contributed by atoms with van der Waals surface area (Å²) in [6.45, 7) is 6.74. The molecule has 0 aromatic carbocycles. The Hall–Kier alpha value is -0.340. The van der Waals surface area contributed by atoms with Gasteiger partial charge in [0, 0.05) is 6.04 Å². The van der Waals surface area contributed by atoms with Gasteiger partial charge in [0.05, 0.1) is 6.10 Å². The molecule has 0 aliphatic rings. The monoisotopic (exact) mass is 157 g/mol. The standard InChI is InChI=1S/C9H19NO/c1-4-5-6-7-10-8(2)9(3)11/h4-5,8-11H,6-7H2,1-3H3/b5-4+. The maximum Gasteiger partial charge on any atom is 0.0662 e. The highest BCUT2D eigenvalue weighted by Gasteiger charge is 2.05. The van der Waals surface area contributed by atoms with E-state index in [4.69, 9.17) is 5.11 Å². The molecule has 0 spiro atoms. The predicted molar refractivity (Wildman–Crippen MR) is 48.6 cm³/mol. The Bertz CT molecular complexity index is 110. The fourth-order valence-electron chi connectivity index (χ4n) is 0.732. The smallest absolute Gasteiger partial charge is 0.0662 e. The van der Waals surface area contributed by atoms with Crippen molar-refractivity contribution >= 4 is 0 Å². The summed E-state index contributed by atoms with van der Waals surface area (Å²) in [5.74, 6) is 0. The molecular formula is C9H19NO. The molecule has 0 aliphatic carbocycles. The van der Waals surface area contributed by atoms with Crippen molar-refractivity contribution in [1.29, 1.82) is 0 Å². The number of nitrogens with one attached hydrogen (secondary N) is 1. The molecule has 2 unspecified atom stereocenters. The maximum absolute atomic E-state index is 9.10. The van der Waals surface area contributed by atoms with E-state index in [9.17, 15) is 0 Å². The van der Waals surface area contributed by atoms with Gasteiger partial charge in [-0.15, -0.1) is 0 Å². The molecule has 2 atom stereocenters. The summed E-state index contributed by atoms with van der Waals surface area (Å²) < 4.78 is 0. The van der Waals surface area contributed by atoms with Gasteiger partial charge < -0.3 is 10.4 Å². The summed E-state index contributed by atoms with van der Waals surface area (Å²) in [6, 6.07) is 0.195. The highest BCUT2D eigenvalue weighted by atomic mass is 16.3. The number of rotatable bonds is 5. The van der Waals surface area contributed by atoms with Crippen LogP contribution >= 0.6 is 0 Å². The molecule has 2 heteroatoms. The molecule has 0 bridgehead atoms. The number of allylic oxidation sites excluding steroid dienone is 1. The van der Waals surface area contributed by atoms with Crippen LogP contribution in [0, 0.1) is 0 Å². The van der Waals surface area contributed by atoms with Gasteiger partial charge in [0.2, 0.25) is 0 Å². The van der Waals surface area contributed by atoms with Crippen molar-refractivity contribution in [1.82, 2.24) is 5.32 Å². The predicted octanol–water partition coefficient (Wildman–Crippen LogP) is 1.31. The van der Waals surface area contributed by atoms with Crippen LogP contribution in [0.3, 0.4) is 0 Å². The highest BCUT2D eigenvalue weighted by Crippen LogP contribution is 1.90. The molecule has 0 fully saturated rings. The summed E-state index contributed by atoms with van der Waals surface area (Å²) >= 11 is 0. The van der Waals surface area contributed by atoms with E-state index in [0.29, 0.717) is 0 Å². The normalized spacial score (nSPS) is 17.1. The van der Waals surface area contributed by atoms with E-state index in [1.54, 1.807) is 6.92 Å². The molecule has 2 nitrogen and oxygen atoms in total. The summed E-state index contributed by atoms with van der Waals surface area (Å²) in [5.41, 5.74) is 0. The van der Waals surface area contributed by atoms with Gasteiger partial charge in [0.15, 0.2) is 0 Å². The van der Waals surface area contributed by atoms with Crippen molar-refractivity contribution in [2.24, 2.45) is 0 Å². The second kappa shape index (κ2) is 6.38. The molecule has 0 saturated heterocycles. The van der Waals surface area contributed by atoms with Crippen LogP contribution < -0.4 is 5.32 Å². The van der Waals surface area contributed by atoms with Crippen LogP contribution in [-0.4, -0.2) is 23.8 Å². The van der Waals surface area contributed by atoms with Gasteiger partial charge in [-0.3, -0.25) is 0 Å². The van der Waals surface area contributed by atoms with E-state index in [2.05, 4.69) is 11.4 Å². The molecule has 11 heavy (non-hydrogen) atoms. The van der Waals surface area contributed by atoms with Crippen LogP contribution in [0.15, 0.2) is 12.2 Å². The second-order valence-electron chi connectivity index (χ2n) is 2.84. The molecule has 0 aliphatic heterocycles. The largest absolute Gasteiger partial charge is 0.392 e. The van der Waals surface area contributed by atoms with Crippen molar-refractivity contribution in [3.63, 3.8) is 0 Å². The maximum atomic E-state index is 9.10. The first-order valence-electron chi connectivity index (χ1n) is 4.21. The molecule has 0 aromatic rings. The fraction of sp³-hybridized carbons (Fsp3) is 0.778. The Balaban J connectivity index is 3.24. The molecule has 0 heterocycles. The van der Waals surface area contributed by atoms with Gasteiger partial charge >= 0.3 is 0 Å². The van der Waals surface area contributed by atoms with E-state index >= 15 is 0 Å². The highest BCUT2D eigenvalue weighted by molar-refractivity contribution is 4.78.